The lowest BCUT2D eigenvalue weighted by Crippen LogP contribution is -2.28. The molecule has 0 unspecified atom stereocenters. The molecule has 1 fully saturated rings. The average molecular weight is 286 g/mol. The normalized spacial score (nSPS) is 17.7. The van der Waals surface area contributed by atoms with Crippen LogP contribution in [-0.4, -0.2) is 21.1 Å². The smallest absolute Gasteiger partial charge is 0.243 e. The van der Waals surface area contributed by atoms with E-state index in [9.17, 15) is 0 Å². The minimum Gasteiger partial charge on any atom is -0.352 e. The second-order valence-electron chi connectivity index (χ2n) is 7.10. The lowest BCUT2D eigenvalue weighted by molar-refractivity contribution is 0.252. The number of nitrogens with zero attached hydrogens (tertiary/aromatic N) is 3. The van der Waals surface area contributed by atoms with Gasteiger partial charge >= 0.3 is 0 Å². The molecule has 1 saturated carbocycles. The highest BCUT2D eigenvalue weighted by Crippen LogP contribution is 2.43. The lowest BCUT2D eigenvalue weighted by Gasteiger charge is -2.30. The van der Waals surface area contributed by atoms with Crippen molar-refractivity contribution in [2.45, 2.75) is 52.9 Å². The van der Waals surface area contributed by atoms with Gasteiger partial charge in [0, 0.05) is 12.7 Å². The maximum atomic E-state index is 4.59. The van der Waals surface area contributed by atoms with Gasteiger partial charge in [-0.3, -0.25) is 0 Å². The summed E-state index contributed by atoms with van der Waals surface area (Å²) in [6.45, 7) is 7.73. The fourth-order valence-corrected chi connectivity index (χ4v) is 3.77. The summed E-state index contributed by atoms with van der Waals surface area (Å²) in [5.74, 6) is 1.51. The van der Waals surface area contributed by atoms with E-state index in [2.05, 4.69) is 48.3 Å². The van der Waals surface area contributed by atoms with E-state index in [0.717, 1.165) is 24.1 Å². The molecule has 0 spiro atoms. The van der Waals surface area contributed by atoms with Gasteiger partial charge in [-0.05, 0) is 55.2 Å². The van der Waals surface area contributed by atoms with Gasteiger partial charge in [0.15, 0.2) is 5.65 Å². The summed E-state index contributed by atoms with van der Waals surface area (Å²) >= 11 is 0. The SMILES string of the molecule is Cc1ccn2nc(NCC3(CC(C)C)CCCC3)nc2c1. The molecule has 2 aromatic rings. The third-order valence-electron chi connectivity index (χ3n) is 4.62. The molecular weight excluding hydrogens is 260 g/mol. The molecule has 0 bridgehead atoms. The molecule has 21 heavy (non-hydrogen) atoms. The molecule has 1 N–H and O–H groups in total. The van der Waals surface area contributed by atoms with Crippen molar-refractivity contribution in [2.24, 2.45) is 11.3 Å². The molecule has 0 amide bonds. The number of anilines is 1. The van der Waals surface area contributed by atoms with Crippen LogP contribution in [-0.2, 0) is 0 Å². The van der Waals surface area contributed by atoms with Crippen LogP contribution in [0.5, 0.6) is 0 Å². The zero-order valence-electron chi connectivity index (χ0n) is 13.4. The topological polar surface area (TPSA) is 42.2 Å². The Morgan fingerprint density at radius 1 is 1.33 bits per heavy atom. The van der Waals surface area contributed by atoms with Crippen LogP contribution in [0.2, 0.25) is 0 Å². The van der Waals surface area contributed by atoms with E-state index in [1.807, 2.05) is 10.7 Å². The van der Waals surface area contributed by atoms with Crippen molar-refractivity contribution in [3.05, 3.63) is 23.9 Å². The molecule has 4 nitrogen and oxygen atoms in total. The molecule has 2 aromatic heterocycles. The second-order valence-corrected chi connectivity index (χ2v) is 7.10. The van der Waals surface area contributed by atoms with Gasteiger partial charge in [0.1, 0.15) is 0 Å². The number of aryl methyl sites for hydroxylation is 1. The number of hydrogen-bond donors (Lipinski definition) is 1. The maximum absolute atomic E-state index is 4.59. The van der Waals surface area contributed by atoms with E-state index in [1.54, 1.807) is 0 Å². The highest BCUT2D eigenvalue weighted by Gasteiger charge is 2.34. The van der Waals surface area contributed by atoms with E-state index in [4.69, 9.17) is 0 Å². The minimum atomic E-state index is 0.446. The number of hydrogen-bond acceptors (Lipinski definition) is 3. The summed E-state index contributed by atoms with van der Waals surface area (Å²) < 4.78 is 1.85. The Bertz CT molecular complexity index is 608. The van der Waals surface area contributed by atoms with Crippen molar-refractivity contribution in [2.75, 3.05) is 11.9 Å². The molecule has 1 aliphatic rings. The van der Waals surface area contributed by atoms with Crippen molar-refractivity contribution < 1.29 is 0 Å². The van der Waals surface area contributed by atoms with Gasteiger partial charge in [0.05, 0.1) is 0 Å². The molecular formula is C17H26N4. The summed E-state index contributed by atoms with van der Waals surface area (Å²) in [7, 11) is 0. The standard InChI is InChI=1S/C17H26N4/c1-13(2)11-17(7-4-5-8-17)12-18-16-19-15-10-14(3)6-9-21(15)20-16/h6,9-10,13H,4-5,7-8,11-12H2,1-3H3,(H,18,20). The molecule has 0 saturated heterocycles. The van der Waals surface area contributed by atoms with Crippen LogP contribution in [0, 0.1) is 18.3 Å². The van der Waals surface area contributed by atoms with Crippen LogP contribution in [0.1, 0.15) is 51.5 Å². The highest BCUT2D eigenvalue weighted by atomic mass is 15.3. The van der Waals surface area contributed by atoms with Crippen LogP contribution in [0.25, 0.3) is 5.65 Å². The van der Waals surface area contributed by atoms with E-state index in [1.165, 1.54) is 37.7 Å². The molecule has 0 aliphatic heterocycles. The van der Waals surface area contributed by atoms with E-state index < -0.39 is 0 Å². The summed E-state index contributed by atoms with van der Waals surface area (Å²) in [5, 5.41) is 8.02. The van der Waals surface area contributed by atoms with Crippen LogP contribution in [0.3, 0.4) is 0 Å². The molecule has 3 rings (SSSR count). The van der Waals surface area contributed by atoms with Gasteiger partial charge in [-0.1, -0.05) is 26.7 Å². The first kappa shape index (κ1) is 14.4. The number of aromatic nitrogens is 3. The van der Waals surface area contributed by atoms with Gasteiger partial charge in [-0.15, -0.1) is 5.10 Å². The average Bonchev–Trinajstić information content (AvgIpc) is 3.02. The van der Waals surface area contributed by atoms with Crippen molar-refractivity contribution in [1.29, 1.82) is 0 Å². The second kappa shape index (κ2) is 5.66. The Labute approximate surface area is 127 Å². The largest absolute Gasteiger partial charge is 0.352 e. The quantitative estimate of drug-likeness (QED) is 0.901. The number of nitrogens with one attached hydrogen (secondary N) is 1. The van der Waals surface area contributed by atoms with Crippen LogP contribution >= 0.6 is 0 Å². The summed E-state index contributed by atoms with van der Waals surface area (Å²) in [6.07, 6.45) is 8.68. The lowest BCUT2D eigenvalue weighted by atomic mass is 9.78. The summed E-state index contributed by atoms with van der Waals surface area (Å²) in [6, 6.07) is 4.13. The van der Waals surface area contributed by atoms with Gasteiger partial charge in [-0.25, -0.2) is 4.52 Å². The molecule has 0 atom stereocenters. The fourth-order valence-electron chi connectivity index (χ4n) is 3.77. The van der Waals surface area contributed by atoms with Crippen molar-refractivity contribution in [3.63, 3.8) is 0 Å². The summed E-state index contributed by atoms with van der Waals surface area (Å²) in [5.41, 5.74) is 2.58. The Kier molecular flexibility index (Phi) is 3.87. The van der Waals surface area contributed by atoms with Crippen molar-refractivity contribution >= 4 is 11.6 Å². The molecule has 1 aliphatic carbocycles. The van der Waals surface area contributed by atoms with Crippen LogP contribution in [0.15, 0.2) is 18.3 Å². The molecule has 114 valence electrons. The molecule has 4 heteroatoms. The Morgan fingerprint density at radius 3 is 2.81 bits per heavy atom. The number of rotatable bonds is 5. The third kappa shape index (κ3) is 3.20. The van der Waals surface area contributed by atoms with Gasteiger partial charge in [0.25, 0.3) is 0 Å². The minimum absolute atomic E-state index is 0.446. The van der Waals surface area contributed by atoms with Crippen molar-refractivity contribution in [3.8, 4) is 0 Å². The third-order valence-corrected chi connectivity index (χ3v) is 4.62. The van der Waals surface area contributed by atoms with Gasteiger partial charge in [0.2, 0.25) is 5.95 Å². The summed E-state index contributed by atoms with van der Waals surface area (Å²) in [4.78, 5) is 4.59. The fraction of sp³-hybridized carbons (Fsp3) is 0.647. The van der Waals surface area contributed by atoms with Gasteiger partial charge < -0.3 is 5.32 Å². The molecule has 0 radical (unpaired) electrons. The van der Waals surface area contributed by atoms with E-state index in [0.29, 0.717) is 5.41 Å². The molecule has 0 aromatic carbocycles. The Morgan fingerprint density at radius 2 is 2.10 bits per heavy atom. The predicted octanol–water partition coefficient (Wildman–Crippen LogP) is 4.06. The monoisotopic (exact) mass is 286 g/mol. The first-order valence-electron chi connectivity index (χ1n) is 8.13. The van der Waals surface area contributed by atoms with Crippen molar-refractivity contribution in [1.82, 2.24) is 14.6 Å². The predicted molar refractivity (Wildman–Crippen MR) is 86.6 cm³/mol. The highest BCUT2D eigenvalue weighted by molar-refractivity contribution is 5.45. The zero-order chi connectivity index (χ0) is 14.9. The Hall–Kier alpha value is -1.58. The number of pyridine rings is 1. The number of fused-ring (bicyclic) bond motifs is 1. The van der Waals surface area contributed by atoms with E-state index >= 15 is 0 Å². The first-order chi connectivity index (χ1) is 10.1. The van der Waals surface area contributed by atoms with Crippen LogP contribution in [0.4, 0.5) is 5.95 Å². The Balaban J connectivity index is 1.72. The maximum Gasteiger partial charge on any atom is 0.243 e. The van der Waals surface area contributed by atoms with Crippen LogP contribution < -0.4 is 5.32 Å². The van der Waals surface area contributed by atoms with Gasteiger partial charge in [-0.2, -0.15) is 4.98 Å². The zero-order valence-corrected chi connectivity index (χ0v) is 13.4. The molecule has 2 heterocycles. The first-order valence-corrected chi connectivity index (χ1v) is 8.13. The van der Waals surface area contributed by atoms with E-state index in [-0.39, 0.29) is 0 Å².